The molecule has 0 saturated carbocycles. The highest BCUT2D eigenvalue weighted by Gasteiger charge is 2.31. The van der Waals surface area contributed by atoms with Gasteiger partial charge in [-0.05, 0) is 19.8 Å². The Morgan fingerprint density at radius 1 is 1.24 bits per heavy atom. The summed E-state index contributed by atoms with van der Waals surface area (Å²) in [5, 5.41) is 4.20. The molecule has 4 rings (SSSR count). The van der Waals surface area contributed by atoms with Gasteiger partial charge in [0.2, 0.25) is 5.91 Å². The van der Waals surface area contributed by atoms with Gasteiger partial charge in [0.15, 0.2) is 0 Å². The molecule has 25 heavy (non-hydrogen) atoms. The van der Waals surface area contributed by atoms with E-state index in [2.05, 4.69) is 15.1 Å². The van der Waals surface area contributed by atoms with E-state index in [1.54, 1.807) is 17.9 Å². The molecule has 2 aliphatic rings. The minimum atomic E-state index is -0.0621. The Kier molecular flexibility index (Phi) is 3.89. The third kappa shape index (κ3) is 2.75. The monoisotopic (exact) mass is 342 g/mol. The lowest BCUT2D eigenvalue weighted by Crippen LogP contribution is -2.41. The van der Waals surface area contributed by atoms with Crippen LogP contribution in [0, 0.1) is 12.8 Å². The van der Waals surface area contributed by atoms with E-state index in [0.717, 1.165) is 35.7 Å². The molecule has 0 aromatic carbocycles. The number of carbonyl (C=O) groups is 1. The van der Waals surface area contributed by atoms with Crippen LogP contribution in [0.1, 0.15) is 29.3 Å². The highest BCUT2D eigenvalue weighted by molar-refractivity contribution is 5.79. The zero-order valence-corrected chi connectivity index (χ0v) is 14.6. The van der Waals surface area contributed by atoms with Crippen LogP contribution >= 0.6 is 0 Å². The van der Waals surface area contributed by atoms with Gasteiger partial charge in [0, 0.05) is 38.5 Å². The zero-order chi connectivity index (χ0) is 17.6. The zero-order valence-electron chi connectivity index (χ0n) is 14.6. The summed E-state index contributed by atoms with van der Waals surface area (Å²) in [5.41, 5.74) is 1.62. The summed E-state index contributed by atoms with van der Waals surface area (Å²) < 4.78 is 3.42. The largest absolute Gasteiger partial charge is 0.342 e. The first-order valence-electron chi connectivity index (χ1n) is 8.75. The molecule has 0 spiro atoms. The predicted octanol–water partition coefficient (Wildman–Crippen LogP) is -0.130. The van der Waals surface area contributed by atoms with Gasteiger partial charge in [-0.3, -0.25) is 14.2 Å². The second kappa shape index (κ2) is 6.09. The Morgan fingerprint density at radius 2 is 2.04 bits per heavy atom. The van der Waals surface area contributed by atoms with Gasteiger partial charge in [-0.2, -0.15) is 5.10 Å². The van der Waals surface area contributed by atoms with Gasteiger partial charge >= 0.3 is 0 Å². The number of carbonyl (C=O) groups excluding carboxylic acids is 1. The summed E-state index contributed by atoms with van der Waals surface area (Å²) in [6.45, 7) is 3.63. The fourth-order valence-electron chi connectivity index (χ4n) is 3.79. The number of nitrogens with zero attached hydrogens (tertiary/aromatic N) is 6. The fourth-order valence-corrected chi connectivity index (χ4v) is 3.79. The minimum Gasteiger partial charge on any atom is -0.342 e. The van der Waals surface area contributed by atoms with Crippen LogP contribution in [0.2, 0.25) is 0 Å². The van der Waals surface area contributed by atoms with Gasteiger partial charge in [0.1, 0.15) is 18.0 Å². The van der Waals surface area contributed by atoms with Crippen molar-refractivity contribution < 1.29 is 4.79 Å². The number of hydrogen-bond acceptors (Lipinski definition) is 5. The normalized spacial score (nSPS) is 19.9. The van der Waals surface area contributed by atoms with E-state index in [0.29, 0.717) is 32.5 Å². The number of hydrogen-bond donors (Lipinski definition) is 0. The predicted molar refractivity (Wildman–Crippen MR) is 90.0 cm³/mol. The van der Waals surface area contributed by atoms with Crippen molar-refractivity contribution in [3.05, 3.63) is 39.6 Å². The van der Waals surface area contributed by atoms with Gasteiger partial charge in [-0.15, -0.1) is 0 Å². The molecule has 0 radical (unpaired) electrons. The molecule has 2 aromatic rings. The lowest BCUT2D eigenvalue weighted by molar-refractivity contribution is -0.136. The quantitative estimate of drug-likeness (QED) is 0.721. The van der Waals surface area contributed by atoms with Gasteiger partial charge in [0.05, 0.1) is 18.2 Å². The fraction of sp³-hybridized carbons (Fsp3) is 0.588. The van der Waals surface area contributed by atoms with Crippen LogP contribution in [0.15, 0.2) is 11.1 Å². The molecule has 0 fully saturated rings. The van der Waals surface area contributed by atoms with Crippen LogP contribution in [0.3, 0.4) is 0 Å². The number of aryl methyl sites for hydroxylation is 2. The molecule has 0 aliphatic carbocycles. The van der Waals surface area contributed by atoms with Crippen molar-refractivity contribution >= 4 is 5.91 Å². The average molecular weight is 342 g/mol. The Bertz CT molecular complexity index is 884. The smallest absolute Gasteiger partial charge is 0.256 e. The highest BCUT2D eigenvalue weighted by atomic mass is 16.2. The van der Waals surface area contributed by atoms with Gasteiger partial charge in [-0.1, -0.05) is 0 Å². The van der Waals surface area contributed by atoms with E-state index < -0.39 is 0 Å². The molecule has 8 heteroatoms. The SMILES string of the molecule is Cc1nc2c(c(=O)n1C)CCN(C(=O)C1CCc3ncnn3C1)CC2. The number of rotatable bonds is 1. The number of aromatic nitrogens is 5. The average Bonchev–Trinajstić information content (AvgIpc) is 2.98. The third-order valence-corrected chi connectivity index (χ3v) is 5.41. The molecular weight excluding hydrogens is 320 g/mol. The Balaban J connectivity index is 1.51. The first kappa shape index (κ1) is 16.0. The maximum atomic E-state index is 13.0. The van der Waals surface area contributed by atoms with Gasteiger partial charge in [-0.25, -0.2) is 14.6 Å². The number of amides is 1. The maximum absolute atomic E-state index is 13.0. The van der Waals surface area contributed by atoms with E-state index in [1.807, 2.05) is 16.5 Å². The van der Waals surface area contributed by atoms with E-state index in [4.69, 9.17) is 0 Å². The summed E-state index contributed by atoms with van der Waals surface area (Å²) in [5.74, 6) is 1.76. The van der Waals surface area contributed by atoms with Crippen LogP contribution in [0.5, 0.6) is 0 Å². The van der Waals surface area contributed by atoms with Crippen molar-refractivity contribution in [2.24, 2.45) is 13.0 Å². The van der Waals surface area contributed by atoms with Crippen LogP contribution < -0.4 is 5.56 Å². The maximum Gasteiger partial charge on any atom is 0.256 e. The van der Waals surface area contributed by atoms with Crippen molar-refractivity contribution in [2.75, 3.05) is 13.1 Å². The van der Waals surface area contributed by atoms with Crippen LogP contribution in [0.25, 0.3) is 0 Å². The molecule has 0 bridgehead atoms. The molecule has 1 unspecified atom stereocenters. The first-order valence-corrected chi connectivity index (χ1v) is 8.75. The summed E-state index contributed by atoms with van der Waals surface area (Å²) in [6, 6.07) is 0. The van der Waals surface area contributed by atoms with Crippen LogP contribution in [0.4, 0.5) is 0 Å². The van der Waals surface area contributed by atoms with Gasteiger partial charge < -0.3 is 4.90 Å². The standard InChI is InChI=1S/C17H22N6O2/c1-11-20-14-6-8-22(7-5-13(14)17(25)21(11)2)16(24)12-3-4-15-18-10-19-23(15)9-12/h10,12H,3-9H2,1-2H3. The summed E-state index contributed by atoms with van der Waals surface area (Å²) in [4.78, 5) is 36.1. The van der Waals surface area contributed by atoms with E-state index in [9.17, 15) is 9.59 Å². The van der Waals surface area contributed by atoms with Crippen molar-refractivity contribution in [3.63, 3.8) is 0 Å². The molecule has 2 aliphatic heterocycles. The minimum absolute atomic E-state index is 0.0155. The number of fused-ring (bicyclic) bond motifs is 2. The molecular formula is C17H22N6O2. The summed E-state index contributed by atoms with van der Waals surface area (Å²) >= 11 is 0. The third-order valence-electron chi connectivity index (χ3n) is 5.41. The molecule has 132 valence electrons. The molecule has 8 nitrogen and oxygen atoms in total. The van der Waals surface area contributed by atoms with Gasteiger partial charge in [0.25, 0.3) is 5.56 Å². The molecule has 4 heterocycles. The second-order valence-corrected chi connectivity index (χ2v) is 6.87. The van der Waals surface area contributed by atoms with Crippen molar-refractivity contribution in [1.82, 2.24) is 29.2 Å². The summed E-state index contributed by atoms with van der Waals surface area (Å²) in [7, 11) is 1.75. The lowest BCUT2D eigenvalue weighted by Gasteiger charge is -2.28. The topological polar surface area (TPSA) is 85.9 Å². The van der Waals surface area contributed by atoms with E-state index in [-0.39, 0.29) is 17.4 Å². The molecule has 0 saturated heterocycles. The van der Waals surface area contributed by atoms with Crippen LogP contribution in [-0.2, 0) is 37.6 Å². The van der Waals surface area contributed by atoms with Crippen molar-refractivity contribution in [3.8, 4) is 0 Å². The van der Waals surface area contributed by atoms with Crippen LogP contribution in [-0.4, -0.2) is 48.2 Å². The van der Waals surface area contributed by atoms with Crippen molar-refractivity contribution in [1.29, 1.82) is 0 Å². The molecule has 1 amide bonds. The molecule has 0 N–H and O–H groups in total. The first-order chi connectivity index (χ1) is 12.0. The molecule has 2 aromatic heterocycles. The lowest BCUT2D eigenvalue weighted by atomic mass is 9.98. The second-order valence-electron chi connectivity index (χ2n) is 6.87. The molecule has 1 atom stereocenters. The summed E-state index contributed by atoms with van der Waals surface area (Å²) in [6.07, 6.45) is 4.35. The Labute approximate surface area is 145 Å². The van der Waals surface area contributed by atoms with E-state index in [1.165, 1.54) is 0 Å². The Morgan fingerprint density at radius 3 is 2.88 bits per heavy atom. The van der Waals surface area contributed by atoms with Crippen molar-refractivity contribution in [2.45, 2.75) is 39.2 Å². The Hall–Kier alpha value is -2.51. The van der Waals surface area contributed by atoms with E-state index >= 15 is 0 Å². The highest BCUT2D eigenvalue weighted by Crippen LogP contribution is 2.21.